The fourth-order valence-electron chi connectivity index (χ4n) is 3.22. The van der Waals surface area contributed by atoms with Crippen molar-refractivity contribution in [2.45, 2.75) is 18.9 Å². The number of hydrogen-bond donors (Lipinski definition) is 3. The molecule has 0 radical (unpaired) electrons. The fourth-order valence-corrected chi connectivity index (χ4v) is 3.49. The molecule has 0 bridgehead atoms. The zero-order valence-electron chi connectivity index (χ0n) is 15.5. The molecule has 0 atom stereocenters. The number of hydrogen-bond acceptors (Lipinski definition) is 5. The predicted octanol–water partition coefficient (Wildman–Crippen LogP) is 1.80. The van der Waals surface area contributed by atoms with Crippen molar-refractivity contribution in [3.8, 4) is 11.3 Å². The van der Waals surface area contributed by atoms with Gasteiger partial charge in [0.15, 0.2) is 11.5 Å². The van der Waals surface area contributed by atoms with Crippen LogP contribution in [-0.2, 0) is 0 Å². The van der Waals surface area contributed by atoms with Crippen LogP contribution in [0, 0.1) is 0 Å². The van der Waals surface area contributed by atoms with E-state index in [1.54, 1.807) is 30.0 Å². The van der Waals surface area contributed by atoms with E-state index < -0.39 is 0 Å². The zero-order chi connectivity index (χ0) is 19.8. The van der Waals surface area contributed by atoms with Gasteiger partial charge in [0, 0.05) is 30.1 Å². The first-order valence-corrected chi connectivity index (χ1v) is 9.80. The Morgan fingerprint density at radius 3 is 2.97 bits per heavy atom. The van der Waals surface area contributed by atoms with Gasteiger partial charge >= 0.3 is 0 Å². The van der Waals surface area contributed by atoms with Gasteiger partial charge in [0.25, 0.3) is 5.91 Å². The molecule has 8 nitrogen and oxygen atoms in total. The molecule has 1 amide bonds. The van der Waals surface area contributed by atoms with Gasteiger partial charge in [-0.2, -0.15) is 5.43 Å². The second-order valence-corrected chi connectivity index (χ2v) is 7.44. The minimum atomic E-state index is -0.126. The first kappa shape index (κ1) is 17.8. The normalized spacial score (nSPS) is 15.6. The summed E-state index contributed by atoms with van der Waals surface area (Å²) in [7, 11) is 0. The van der Waals surface area contributed by atoms with Gasteiger partial charge in [0.1, 0.15) is 11.9 Å². The van der Waals surface area contributed by atoms with Crippen LogP contribution < -0.4 is 16.1 Å². The number of aromatic nitrogens is 3. The molecule has 3 aromatic rings. The van der Waals surface area contributed by atoms with Crippen molar-refractivity contribution in [2.75, 3.05) is 11.9 Å². The van der Waals surface area contributed by atoms with Gasteiger partial charge in [-0.25, -0.2) is 9.97 Å². The quantitative estimate of drug-likeness (QED) is 0.541. The van der Waals surface area contributed by atoms with E-state index in [1.165, 1.54) is 0 Å². The van der Waals surface area contributed by atoms with E-state index in [1.807, 2.05) is 28.9 Å². The number of nitrogens with zero attached hydrogens (tertiary/aromatic N) is 4. The molecule has 146 valence electrons. The maximum Gasteiger partial charge on any atom is 0.253 e. The summed E-state index contributed by atoms with van der Waals surface area (Å²) in [5.41, 5.74) is 5.64. The lowest BCUT2D eigenvalue weighted by atomic mass is 10.1. The molecule has 0 spiro atoms. The Morgan fingerprint density at radius 1 is 1.31 bits per heavy atom. The predicted molar refractivity (Wildman–Crippen MR) is 111 cm³/mol. The highest BCUT2D eigenvalue weighted by Crippen LogP contribution is 2.28. The molecule has 9 heteroatoms. The highest BCUT2D eigenvalue weighted by Gasteiger charge is 2.25. The minimum absolute atomic E-state index is 0.126. The molecular formula is C20H19ClN7O+. The number of carbonyl (C=O) groups excluding carboxylic acids is 1. The number of halogens is 1. The maximum atomic E-state index is 12.3. The van der Waals surface area contributed by atoms with Gasteiger partial charge in [0.2, 0.25) is 0 Å². The number of quaternary nitrogens is 1. The molecule has 0 saturated heterocycles. The number of imidazole rings is 1. The van der Waals surface area contributed by atoms with Crippen LogP contribution in [0.3, 0.4) is 0 Å². The first-order chi connectivity index (χ1) is 14.2. The third kappa shape index (κ3) is 3.59. The molecule has 3 heterocycles. The lowest BCUT2D eigenvalue weighted by Crippen LogP contribution is -2.69. The molecule has 1 saturated carbocycles. The third-order valence-corrected chi connectivity index (χ3v) is 5.21. The van der Waals surface area contributed by atoms with Gasteiger partial charge in [-0.3, -0.25) is 9.20 Å². The third-order valence-electron chi connectivity index (χ3n) is 4.90. The van der Waals surface area contributed by atoms with Gasteiger partial charge in [-0.15, -0.1) is 0 Å². The minimum Gasteiger partial charge on any atom is -0.361 e. The second kappa shape index (κ2) is 7.31. The number of amides is 1. The van der Waals surface area contributed by atoms with Crippen LogP contribution in [0.5, 0.6) is 0 Å². The summed E-state index contributed by atoms with van der Waals surface area (Å²) in [5.74, 6) is 0.548. The number of fused-ring (bicyclic) bond motifs is 1. The average molecular weight is 409 g/mol. The molecule has 5 rings (SSSR count). The summed E-state index contributed by atoms with van der Waals surface area (Å²) < 4.78 is 1.95. The summed E-state index contributed by atoms with van der Waals surface area (Å²) in [5, 5.41) is 10.9. The van der Waals surface area contributed by atoms with Crippen LogP contribution in [0.4, 0.5) is 5.82 Å². The van der Waals surface area contributed by atoms with Crippen molar-refractivity contribution in [3.63, 3.8) is 0 Å². The summed E-state index contributed by atoms with van der Waals surface area (Å²) >= 11 is 6.41. The highest BCUT2D eigenvalue weighted by atomic mass is 35.5. The summed E-state index contributed by atoms with van der Waals surface area (Å²) in [6, 6.07) is 5.74. The topological polar surface area (TPSA) is 100 Å². The number of anilines is 1. The van der Waals surface area contributed by atoms with E-state index in [4.69, 9.17) is 11.6 Å². The standard InChI is InChI=1S/C20H18ClN7O/c21-16-9-12(1-4-15(16)20(29)26-13-2-3-13)17-11-24-19-18(22-7-8-28(17)19)23-10-14-5-6-25-27-14/h1,4-9,11,13H,2-3,10H2,(H,22,23)(H,25,27)(H,26,29)/p+1. The first-order valence-electron chi connectivity index (χ1n) is 9.42. The van der Waals surface area contributed by atoms with Crippen molar-refractivity contribution >= 4 is 34.7 Å². The fraction of sp³-hybridized carbons (Fsp3) is 0.200. The van der Waals surface area contributed by atoms with Crippen LogP contribution >= 0.6 is 11.6 Å². The monoisotopic (exact) mass is 408 g/mol. The maximum absolute atomic E-state index is 12.3. The summed E-state index contributed by atoms with van der Waals surface area (Å²) in [6.45, 7) is 0.568. The Morgan fingerprint density at radius 2 is 2.21 bits per heavy atom. The lowest BCUT2D eigenvalue weighted by Gasteiger charge is -2.09. The number of rotatable bonds is 6. The molecule has 2 aliphatic rings. The SMILES string of the molecule is O=C(NC1CC1)c1ccc(-c2cnc3c(NCC4=N[NH2+]C=C4)nccn23)cc1Cl. The van der Waals surface area contributed by atoms with Crippen LogP contribution in [0.2, 0.25) is 5.02 Å². The molecule has 29 heavy (non-hydrogen) atoms. The van der Waals surface area contributed by atoms with Crippen molar-refractivity contribution in [2.24, 2.45) is 5.10 Å². The van der Waals surface area contributed by atoms with Crippen molar-refractivity contribution in [1.82, 2.24) is 19.7 Å². The Kier molecular flexibility index (Phi) is 4.49. The van der Waals surface area contributed by atoms with Crippen LogP contribution in [0.25, 0.3) is 16.9 Å². The molecule has 0 unspecified atom stereocenters. The van der Waals surface area contributed by atoms with Gasteiger partial charge in [-0.1, -0.05) is 22.8 Å². The second-order valence-electron chi connectivity index (χ2n) is 7.04. The van der Waals surface area contributed by atoms with Crippen LogP contribution in [0.1, 0.15) is 23.2 Å². The van der Waals surface area contributed by atoms with Crippen molar-refractivity contribution < 1.29 is 10.2 Å². The Hall–Kier alpha value is -3.23. The molecule has 2 aromatic heterocycles. The number of nitrogens with one attached hydrogen (secondary N) is 2. The van der Waals surface area contributed by atoms with Gasteiger partial charge in [0.05, 0.1) is 29.0 Å². The Labute approximate surface area is 171 Å². The molecule has 1 aliphatic heterocycles. The Balaban J connectivity index is 1.42. The molecular weight excluding hydrogens is 390 g/mol. The smallest absolute Gasteiger partial charge is 0.253 e. The van der Waals surface area contributed by atoms with Crippen molar-refractivity contribution in [3.05, 3.63) is 59.7 Å². The van der Waals surface area contributed by atoms with E-state index in [0.717, 1.165) is 29.8 Å². The van der Waals surface area contributed by atoms with Gasteiger partial charge in [-0.05, 0) is 25.0 Å². The largest absolute Gasteiger partial charge is 0.361 e. The van der Waals surface area contributed by atoms with E-state index in [0.29, 0.717) is 34.6 Å². The van der Waals surface area contributed by atoms with E-state index in [-0.39, 0.29) is 5.91 Å². The van der Waals surface area contributed by atoms with Crippen LogP contribution in [0.15, 0.2) is 54.2 Å². The Bertz CT molecular complexity index is 1160. The number of benzene rings is 1. The van der Waals surface area contributed by atoms with E-state index in [9.17, 15) is 4.79 Å². The van der Waals surface area contributed by atoms with E-state index >= 15 is 0 Å². The number of carbonyl (C=O) groups is 1. The van der Waals surface area contributed by atoms with E-state index in [2.05, 4.69) is 25.7 Å². The molecule has 1 aromatic carbocycles. The summed E-state index contributed by atoms with van der Waals surface area (Å²) in [6.07, 6.45) is 11.3. The van der Waals surface area contributed by atoms with Crippen LogP contribution in [-0.4, -0.2) is 38.6 Å². The number of nitrogens with two attached hydrogens (primary N) is 1. The summed E-state index contributed by atoms with van der Waals surface area (Å²) in [4.78, 5) is 21.2. The molecule has 1 fully saturated rings. The zero-order valence-corrected chi connectivity index (χ0v) is 16.2. The van der Waals surface area contributed by atoms with Gasteiger partial charge < -0.3 is 10.6 Å². The highest BCUT2D eigenvalue weighted by molar-refractivity contribution is 6.34. The molecule has 4 N–H and O–H groups in total. The lowest BCUT2D eigenvalue weighted by molar-refractivity contribution is -0.590. The average Bonchev–Trinajstić information content (AvgIpc) is 3.20. The van der Waals surface area contributed by atoms with Crippen molar-refractivity contribution in [1.29, 1.82) is 0 Å². The molecule has 1 aliphatic carbocycles.